The SMILES string of the molecule is COc1ccc(C=O)cc1NC(=O)Cc1ccccc1. The van der Waals surface area contributed by atoms with Gasteiger partial charge in [0.15, 0.2) is 0 Å². The summed E-state index contributed by atoms with van der Waals surface area (Å²) in [7, 11) is 1.52. The van der Waals surface area contributed by atoms with Crippen molar-refractivity contribution in [3.8, 4) is 5.75 Å². The Morgan fingerprint density at radius 2 is 1.95 bits per heavy atom. The number of nitrogens with one attached hydrogen (secondary N) is 1. The van der Waals surface area contributed by atoms with Gasteiger partial charge in [-0.3, -0.25) is 9.59 Å². The summed E-state index contributed by atoms with van der Waals surface area (Å²) in [5.41, 5.74) is 1.91. The van der Waals surface area contributed by atoms with E-state index in [2.05, 4.69) is 5.32 Å². The Morgan fingerprint density at radius 3 is 2.60 bits per heavy atom. The molecule has 2 rings (SSSR count). The summed E-state index contributed by atoms with van der Waals surface area (Å²) in [5.74, 6) is 0.370. The van der Waals surface area contributed by atoms with Crippen LogP contribution in [0.5, 0.6) is 5.75 Å². The first-order chi connectivity index (χ1) is 9.72. The first-order valence-electron chi connectivity index (χ1n) is 6.20. The van der Waals surface area contributed by atoms with Crippen LogP contribution in [0.4, 0.5) is 5.69 Å². The zero-order valence-corrected chi connectivity index (χ0v) is 11.1. The number of rotatable bonds is 5. The van der Waals surface area contributed by atoms with Gasteiger partial charge in [0.2, 0.25) is 5.91 Å². The summed E-state index contributed by atoms with van der Waals surface area (Å²) in [5, 5.41) is 2.76. The Hall–Kier alpha value is -2.62. The maximum Gasteiger partial charge on any atom is 0.228 e. The molecular formula is C16H15NO3. The van der Waals surface area contributed by atoms with Gasteiger partial charge in [-0.15, -0.1) is 0 Å². The molecular weight excluding hydrogens is 254 g/mol. The Kier molecular flexibility index (Phi) is 4.50. The van der Waals surface area contributed by atoms with Crippen LogP contribution >= 0.6 is 0 Å². The standard InChI is InChI=1S/C16H15NO3/c1-20-15-8-7-13(11-18)9-14(15)17-16(19)10-12-5-3-2-4-6-12/h2-9,11H,10H2,1H3,(H,17,19). The molecule has 0 fully saturated rings. The molecule has 0 atom stereocenters. The van der Waals surface area contributed by atoms with Gasteiger partial charge in [0.25, 0.3) is 0 Å². The molecule has 4 heteroatoms. The van der Waals surface area contributed by atoms with E-state index >= 15 is 0 Å². The second-order valence-electron chi connectivity index (χ2n) is 4.29. The molecule has 0 saturated heterocycles. The minimum absolute atomic E-state index is 0.155. The number of carbonyl (C=O) groups excluding carboxylic acids is 2. The average Bonchev–Trinajstić information content (AvgIpc) is 2.48. The zero-order valence-electron chi connectivity index (χ0n) is 11.1. The van der Waals surface area contributed by atoms with Gasteiger partial charge in [-0.1, -0.05) is 30.3 Å². The molecule has 20 heavy (non-hydrogen) atoms. The number of carbonyl (C=O) groups is 2. The Labute approximate surface area is 117 Å². The van der Waals surface area contributed by atoms with Crippen LogP contribution < -0.4 is 10.1 Å². The molecule has 4 nitrogen and oxygen atoms in total. The number of amides is 1. The van der Waals surface area contributed by atoms with E-state index in [1.54, 1.807) is 18.2 Å². The topological polar surface area (TPSA) is 55.4 Å². The first kappa shape index (κ1) is 13.8. The molecule has 0 aliphatic heterocycles. The van der Waals surface area contributed by atoms with Gasteiger partial charge >= 0.3 is 0 Å². The van der Waals surface area contributed by atoms with Crippen LogP contribution in [0, 0.1) is 0 Å². The van der Waals surface area contributed by atoms with E-state index in [0.29, 0.717) is 17.0 Å². The third kappa shape index (κ3) is 3.45. The van der Waals surface area contributed by atoms with E-state index in [9.17, 15) is 9.59 Å². The molecule has 0 heterocycles. The summed E-state index contributed by atoms with van der Waals surface area (Å²) < 4.78 is 5.17. The van der Waals surface area contributed by atoms with Gasteiger partial charge in [-0.2, -0.15) is 0 Å². The minimum Gasteiger partial charge on any atom is -0.495 e. The fourth-order valence-corrected chi connectivity index (χ4v) is 1.87. The highest BCUT2D eigenvalue weighted by Crippen LogP contribution is 2.25. The van der Waals surface area contributed by atoms with Crippen molar-refractivity contribution in [3.05, 3.63) is 59.7 Å². The maximum absolute atomic E-state index is 12.0. The smallest absolute Gasteiger partial charge is 0.228 e. The molecule has 2 aromatic rings. The van der Waals surface area contributed by atoms with Crippen LogP contribution in [0.25, 0.3) is 0 Å². The second-order valence-corrected chi connectivity index (χ2v) is 4.29. The van der Waals surface area contributed by atoms with Gasteiger partial charge in [0.05, 0.1) is 19.2 Å². The average molecular weight is 269 g/mol. The lowest BCUT2D eigenvalue weighted by Crippen LogP contribution is -2.15. The van der Waals surface area contributed by atoms with Gasteiger partial charge in [-0.25, -0.2) is 0 Å². The third-order valence-electron chi connectivity index (χ3n) is 2.84. The van der Waals surface area contributed by atoms with E-state index in [1.807, 2.05) is 30.3 Å². The van der Waals surface area contributed by atoms with Crippen molar-refractivity contribution >= 4 is 17.9 Å². The van der Waals surface area contributed by atoms with Gasteiger partial charge in [-0.05, 0) is 23.8 Å². The highest BCUT2D eigenvalue weighted by molar-refractivity contribution is 5.94. The summed E-state index contributed by atoms with van der Waals surface area (Å²) >= 11 is 0. The van der Waals surface area contributed by atoms with Crippen LogP contribution in [0.2, 0.25) is 0 Å². The van der Waals surface area contributed by atoms with Crippen molar-refractivity contribution in [3.63, 3.8) is 0 Å². The van der Waals surface area contributed by atoms with E-state index in [0.717, 1.165) is 11.8 Å². The van der Waals surface area contributed by atoms with Gasteiger partial charge < -0.3 is 10.1 Å². The van der Waals surface area contributed by atoms with Crippen LogP contribution in [0.1, 0.15) is 15.9 Å². The molecule has 0 saturated carbocycles. The molecule has 0 spiro atoms. The predicted molar refractivity (Wildman–Crippen MR) is 77.2 cm³/mol. The number of benzene rings is 2. The van der Waals surface area contributed by atoms with Crippen LogP contribution in [-0.2, 0) is 11.2 Å². The van der Waals surface area contributed by atoms with E-state index in [-0.39, 0.29) is 12.3 Å². The maximum atomic E-state index is 12.0. The lowest BCUT2D eigenvalue weighted by atomic mass is 10.1. The monoisotopic (exact) mass is 269 g/mol. The molecule has 0 aliphatic carbocycles. The normalized spacial score (nSPS) is 9.85. The predicted octanol–water partition coefficient (Wildman–Crippen LogP) is 2.69. The molecule has 0 radical (unpaired) electrons. The van der Waals surface area contributed by atoms with Crippen LogP contribution in [0.3, 0.4) is 0 Å². The number of aldehydes is 1. The largest absolute Gasteiger partial charge is 0.495 e. The van der Waals surface area contributed by atoms with Gasteiger partial charge in [0, 0.05) is 5.56 Å². The molecule has 2 aromatic carbocycles. The van der Waals surface area contributed by atoms with Crippen molar-refractivity contribution < 1.29 is 14.3 Å². The summed E-state index contributed by atoms with van der Waals surface area (Å²) in [6, 6.07) is 14.3. The molecule has 1 N–H and O–H groups in total. The fourth-order valence-electron chi connectivity index (χ4n) is 1.87. The number of anilines is 1. The Morgan fingerprint density at radius 1 is 1.20 bits per heavy atom. The third-order valence-corrected chi connectivity index (χ3v) is 2.84. The summed E-state index contributed by atoms with van der Waals surface area (Å²) in [6.45, 7) is 0. The van der Waals surface area contributed by atoms with Crippen molar-refractivity contribution in [1.29, 1.82) is 0 Å². The lowest BCUT2D eigenvalue weighted by Gasteiger charge is -2.10. The van der Waals surface area contributed by atoms with E-state index in [4.69, 9.17) is 4.74 Å². The zero-order chi connectivity index (χ0) is 14.4. The van der Waals surface area contributed by atoms with Crippen molar-refractivity contribution in [2.24, 2.45) is 0 Å². The second kappa shape index (κ2) is 6.52. The van der Waals surface area contributed by atoms with E-state index in [1.165, 1.54) is 7.11 Å². The highest BCUT2D eigenvalue weighted by Gasteiger charge is 2.09. The van der Waals surface area contributed by atoms with Crippen molar-refractivity contribution in [1.82, 2.24) is 0 Å². The summed E-state index contributed by atoms with van der Waals surface area (Å²) in [6.07, 6.45) is 1.00. The molecule has 1 amide bonds. The van der Waals surface area contributed by atoms with Crippen molar-refractivity contribution in [2.75, 3.05) is 12.4 Å². The van der Waals surface area contributed by atoms with E-state index < -0.39 is 0 Å². The minimum atomic E-state index is -0.155. The highest BCUT2D eigenvalue weighted by atomic mass is 16.5. The summed E-state index contributed by atoms with van der Waals surface area (Å²) in [4.78, 5) is 22.8. The Balaban J connectivity index is 2.12. The lowest BCUT2D eigenvalue weighted by molar-refractivity contribution is -0.115. The number of hydrogen-bond acceptors (Lipinski definition) is 3. The molecule has 0 aliphatic rings. The Bertz CT molecular complexity index is 608. The van der Waals surface area contributed by atoms with Gasteiger partial charge in [0.1, 0.15) is 12.0 Å². The van der Waals surface area contributed by atoms with Crippen LogP contribution in [0.15, 0.2) is 48.5 Å². The van der Waals surface area contributed by atoms with Crippen molar-refractivity contribution in [2.45, 2.75) is 6.42 Å². The molecule has 102 valence electrons. The fraction of sp³-hybridized carbons (Fsp3) is 0.125. The quantitative estimate of drug-likeness (QED) is 0.849. The first-order valence-corrected chi connectivity index (χ1v) is 6.20. The van der Waals surface area contributed by atoms with Crippen LogP contribution in [-0.4, -0.2) is 19.3 Å². The number of ether oxygens (including phenoxy) is 1. The molecule has 0 unspecified atom stereocenters. The molecule has 0 bridgehead atoms. The molecule has 0 aromatic heterocycles. The number of methoxy groups -OCH3 is 1. The number of hydrogen-bond donors (Lipinski definition) is 1.